The fraction of sp³-hybridized carbons (Fsp3) is 0.250. The SMILES string of the molecule is Cc1cc(C)c(CNC(=O)c2c(C)nn(-c3ccc(F)cc3F)c2C)c(=O)[nH]1. The molecule has 0 fully saturated rings. The Labute approximate surface area is 160 Å². The third-order valence-electron chi connectivity index (χ3n) is 4.58. The van der Waals surface area contributed by atoms with E-state index in [0.717, 1.165) is 23.4 Å². The van der Waals surface area contributed by atoms with E-state index in [0.29, 0.717) is 17.0 Å². The van der Waals surface area contributed by atoms with Crippen LogP contribution in [-0.4, -0.2) is 20.7 Å². The number of nitrogens with zero attached hydrogens (tertiary/aromatic N) is 2. The van der Waals surface area contributed by atoms with Gasteiger partial charge < -0.3 is 10.3 Å². The average Bonchev–Trinajstić information content (AvgIpc) is 2.88. The zero-order valence-electron chi connectivity index (χ0n) is 16.0. The molecule has 0 saturated heterocycles. The van der Waals surface area contributed by atoms with Crippen LogP contribution < -0.4 is 10.9 Å². The van der Waals surface area contributed by atoms with Gasteiger partial charge in [0.05, 0.1) is 17.0 Å². The molecule has 28 heavy (non-hydrogen) atoms. The summed E-state index contributed by atoms with van der Waals surface area (Å²) >= 11 is 0. The molecule has 6 nitrogen and oxygen atoms in total. The molecule has 0 aliphatic rings. The number of hydrogen-bond donors (Lipinski definition) is 2. The van der Waals surface area contributed by atoms with Gasteiger partial charge in [0.25, 0.3) is 11.5 Å². The van der Waals surface area contributed by atoms with Crippen LogP contribution in [0.1, 0.15) is 38.6 Å². The minimum atomic E-state index is -0.778. The Morgan fingerprint density at radius 1 is 1.18 bits per heavy atom. The number of hydrogen-bond acceptors (Lipinski definition) is 3. The summed E-state index contributed by atoms with van der Waals surface area (Å²) in [7, 11) is 0. The Balaban J connectivity index is 1.89. The van der Waals surface area contributed by atoms with Crippen molar-refractivity contribution < 1.29 is 13.6 Å². The lowest BCUT2D eigenvalue weighted by molar-refractivity contribution is 0.0949. The Hall–Kier alpha value is -3.29. The average molecular weight is 386 g/mol. The van der Waals surface area contributed by atoms with Crippen LogP contribution in [0.3, 0.4) is 0 Å². The topological polar surface area (TPSA) is 79.8 Å². The van der Waals surface area contributed by atoms with Gasteiger partial charge >= 0.3 is 0 Å². The van der Waals surface area contributed by atoms with Crippen molar-refractivity contribution in [1.29, 1.82) is 0 Å². The molecule has 0 radical (unpaired) electrons. The van der Waals surface area contributed by atoms with E-state index in [-0.39, 0.29) is 23.4 Å². The van der Waals surface area contributed by atoms with Gasteiger partial charge in [0.2, 0.25) is 0 Å². The zero-order chi connectivity index (χ0) is 20.6. The normalized spacial score (nSPS) is 10.9. The van der Waals surface area contributed by atoms with Crippen molar-refractivity contribution in [2.45, 2.75) is 34.2 Å². The quantitative estimate of drug-likeness (QED) is 0.723. The van der Waals surface area contributed by atoms with Crippen LogP contribution in [0, 0.1) is 39.3 Å². The summed E-state index contributed by atoms with van der Waals surface area (Å²) < 4.78 is 28.5. The van der Waals surface area contributed by atoms with Gasteiger partial charge in [-0.3, -0.25) is 9.59 Å². The van der Waals surface area contributed by atoms with Gasteiger partial charge in [-0.1, -0.05) is 0 Å². The van der Waals surface area contributed by atoms with Gasteiger partial charge in [-0.2, -0.15) is 5.10 Å². The maximum Gasteiger partial charge on any atom is 0.255 e. The molecule has 1 amide bonds. The molecule has 0 bridgehead atoms. The molecule has 0 unspecified atom stereocenters. The highest BCUT2D eigenvalue weighted by Gasteiger charge is 2.21. The van der Waals surface area contributed by atoms with E-state index in [1.807, 2.05) is 6.07 Å². The number of H-pyrrole nitrogens is 1. The molecule has 3 rings (SSSR count). The summed E-state index contributed by atoms with van der Waals surface area (Å²) in [5.74, 6) is -1.90. The molecule has 2 N–H and O–H groups in total. The molecular formula is C20H20F2N4O2. The second-order valence-corrected chi connectivity index (χ2v) is 6.68. The highest BCUT2D eigenvalue weighted by atomic mass is 19.1. The second-order valence-electron chi connectivity index (χ2n) is 6.68. The van der Waals surface area contributed by atoms with Crippen LogP contribution in [-0.2, 0) is 6.54 Å². The van der Waals surface area contributed by atoms with E-state index in [1.54, 1.807) is 27.7 Å². The van der Waals surface area contributed by atoms with Crippen LogP contribution in [0.25, 0.3) is 5.69 Å². The Morgan fingerprint density at radius 3 is 2.54 bits per heavy atom. The van der Waals surface area contributed by atoms with E-state index < -0.39 is 17.5 Å². The standard InChI is InChI=1S/C20H20F2N4O2/c1-10-7-11(2)24-19(27)15(10)9-23-20(28)18-12(3)25-26(13(18)4)17-6-5-14(21)8-16(17)22/h5-8H,9H2,1-4H3,(H,23,28)(H,24,27). The van der Waals surface area contributed by atoms with Crippen LogP contribution in [0.5, 0.6) is 0 Å². The van der Waals surface area contributed by atoms with Crippen molar-refractivity contribution in [1.82, 2.24) is 20.1 Å². The number of pyridine rings is 1. The van der Waals surface area contributed by atoms with Gasteiger partial charge in [-0.25, -0.2) is 13.5 Å². The van der Waals surface area contributed by atoms with Crippen LogP contribution in [0.2, 0.25) is 0 Å². The number of aromatic nitrogens is 3. The van der Waals surface area contributed by atoms with Crippen molar-refractivity contribution in [2.75, 3.05) is 0 Å². The molecule has 0 aliphatic carbocycles. The third-order valence-corrected chi connectivity index (χ3v) is 4.58. The largest absolute Gasteiger partial charge is 0.348 e. The predicted octanol–water partition coefficient (Wildman–Crippen LogP) is 3.00. The summed E-state index contributed by atoms with van der Waals surface area (Å²) in [6, 6.07) is 4.98. The third kappa shape index (κ3) is 3.58. The highest BCUT2D eigenvalue weighted by Crippen LogP contribution is 2.21. The maximum absolute atomic E-state index is 14.1. The monoisotopic (exact) mass is 386 g/mol. The van der Waals surface area contributed by atoms with Crippen molar-refractivity contribution in [2.24, 2.45) is 0 Å². The molecule has 0 aliphatic heterocycles. The molecule has 8 heteroatoms. The number of aromatic amines is 1. The summed E-state index contributed by atoms with van der Waals surface area (Å²) in [4.78, 5) is 27.5. The number of aryl methyl sites for hydroxylation is 3. The van der Waals surface area contributed by atoms with Crippen LogP contribution >= 0.6 is 0 Å². The summed E-state index contributed by atoms with van der Waals surface area (Å²) in [5.41, 5.74) is 2.87. The van der Waals surface area contributed by atoms with Gasteiger partial charge in [-0.15, -0.1) is 0 Å². The Morgan fingerprint density at radius 2 is 1.89 bits per heavy atom. The van der Waals surface area contributed by atoms with E-state index >= 15 is 0 Å². The lowest BCUT2D eigenvalue weighted by Crippen LogP contribution is -2.28. The molecule has 1 aromatic carbocycles. The van der Waals surface area contributed by atoms with E-state index in [1.165, 1.54) is 10.7 Å². The number of amides is 1. The molecular weight excluding hydrogens is 366 g/mol. The van der Waals surface area contributed by atoms with Crippen molar-refractivity contribution in [3.63, 3.8) is 0 Å². The first-order chi connectivity index (χ1) is 13.2. The molecule has 3 aromatic rings. The second kappa shape index (κ2) is 7.38. The smallest absolute Gasteiger partial charge is 0.255 e. The highest BCUT2D eigenvalue weighted by molar-refractivity contribution is 5.96. The van der Waals surface area contributed by atoms with Crippen molar-refractivity contribution in [3.8, 4) is 5.69 Å². The van der Waals surface area contributed by atoms with Gasteiger partial charge in [0.15, 0.2) is 5.82 Å². The molecule has 2 aromatic heterocycles. The maximum atomic E-state index is 14.1. The van der Waals surface area contributed by atoms with Crippen LogP contribution in [0.4, 0.5) is 8.78 Å². The van der Waals surface area contributed by atoms with Gasteiger partial charge in [0, 0.05) is 23.9 Å². The van der Waals surface area contributed by atoms with Crippen LogP contribution in [0.15, 0.2) is 29.1 Å². The number of halogens is 2. The molecule has 0 spiro atoms. The summed E-state index contributed by atoms with van der Waals surface area (Å²) in [6.45, 7) is 6.89. The fourth-order valence-electron chi connectivity index (χ4n) is 3.22. The molecule has 0 atom stereocenters. The first kappa shape index (κ1) is 19.5. The lowest BCUT2D eigenvalue weighted by atomic mass is 10.1. The van der Waals surface area contributed by atoms with Gasteiger partial charge in [-0.05, 0) is 51.5 Å². The predicted molar refractivity (Wildman–Crippen MR) is 101 cm³/mol. The summed E-state index contributed by atoms with van der Waals surface area (Å²) in [6.07, 6.45) is 0. The fourth-order valence-corrected chi connectivity index (χ4v) is 3.22. The first-order valence-electron chi connectivity index (χ1n) is 8.68. The number of carbonyl (C=O) groups is 1. The lowest BCUT2D eigenvalue weighted by Gasteiger charge is -2.09. The van der Waals surface area contributed by atoms with E-state index in [4.69, 9.17) is 0 Å². The first-order valence-corrected chi connectivity index (χ1v) is 8.68. The molecule has 2 heterocycles. The summed E-state index contributed by atoms with van der Waals surface area (Å²) in [5, 5.41) is 6.94. The van der Waals surface area contributed by atoms with Crippen molar-refractivity contribution >= 4 is 5.91 Å². The zero-order valence-corrected chi connectivity index (χ0v) is 16.0. The Kier molecular flexibility index (Phi) is 5.13. The number of nitrogens with one attached hydrogen (secondary N) is 2. The number of carbonyl (C=O) groups excluding carboxylic acids is 1. The van der Waals surface area contributed by atoms with E-state index in [9.17, 15) is 18.4 Å². The minimum Gasteiger partial charge on any atom is -0.348 e. The van der Waals surface area contributed by atoms with E-state index in [2.05, 4.69) is 15.4 Å². The minimum absolute atomic E-state index is 0.0480. The Bertz CT molecular complexity index is 1130. The number of rotatable bonds is 4. The van der Waals surface area contributed by atoms with Crippen molar-refractivity contribution in [3.05, 3.63) is 80.0 Å². The molecule has 146 valence electrons. The molecule has 0 saturated carbocycles. The number of benzene rings is 1. The van der Waals surface area contributed by atoms with Gasteiger partial charge in [0.1, 0.15) is 11.5 Å².